The number of rotatable bonds is 6. The Morgan fingerprint density at radius 3 is 2.76 bits per heavy atom. The third kappa shape index (κ3) is 3.95. The van der Waals surface area contributed by atoms with Gasteiger partial charge in [-0.1, -0.05) is 6.07 Å². The van der Waals surface area contributed by atoms with Crippen LogP contribution in [0.5, 0.6) is 5.75 Å². The Bertz CT molecular complexity index is 553. The maximum absolute atomic E-state index is 11.6. The molecule has 2 rings (SSSR count). The summed E-state index contributed by atoms with van der Waals surface area (Å²) in [4.78, 5) is 22.3. The smallest absolute Gasteiger partial charge is 0.337 e. The number of aryl methyl sites for hydroxylation is 2. The summed E-state index contributed by atoms with van der Waals surface area (Å²) < 4.78 is 5.38. The molecule has 0 heterocycles. The number of fused-ring (bicyclic) bond motifs is 1. The van der Waals surface area contributed by atoms with Gasteiger partial charge in [0.25, 0.3) is 5.91 Å². The van der Waals surface area contributed by atoms with Gasteiger partial charge in [0.15, 0.2) is 12.2 Å². The minimum absolute atomic E-state index is 0.214. The summed E-state index contributed by atoms with van der Waals surface area (Å²) in [6.45, 7) is 0.542. The van der Waals surface area contributed by atoms with Gasteiger partial charge in [0.2, 0.25) is 0 Å². The van der Waals surface area contributed by atoms with Gasteiger partial charge in [-0.15, -0.1) is 0 Å². The van der Waals surface area contributed by atoms with Gasteiger partial charge < -0.3 is 20.3 Å². The van der Waals surface area contributed by atoms with E-state index in [4.69, 9.17) is 9.84 Å². The minimum atomic E-state index is -1.98. The largest absolute Gasteiger partial charge is 0.484 e. The lowest BCUT2D eigenvalue weighted by Gasteiger charge is -2.18. The number of carbonyl (C=O) groups excluding carboxylic acids is 1. The summed E-state index contributed by atoms with van der Waals surface area (Å²) in [5, 5.41) is 20.5. The molecule has 1 aromatic carbocycles. The summed E-state index contributed by atoms with van der Waals surface area (Å²) in [5.41, 5.74) is 0.592. The zero-order chi connectivity index (χ0) is 15.5. The third-order valence-electron chi connectivity index (χ3n) is 3.53. The number of carbonyl (C=O) groups is 2. The van der Waals surface area contributed by atoms with Crippen LogP contribution < -0.4 is 10.1 Å². The zero-order valence-corrected chi connectivity index (χ0v) is 11.9. The number of ether oxygens (including phenoxy) is 1. The molecule has 114 valence electrons. The monoisotopic (exact) mass is 293 g/mol. The van der Waals surface area contributed by atoms with E-state index in [1.54, 1.807) is 0 Å². The molecule has 0 aromatic heterocycles. The summed E-state index contributed by atoms with van der Waals surface area (Å²) >= 11 is 0. The minimum Gasteiger partial charge on any atom is -0.484 e. The van der Waals surface area contributed by atoms with Gasteiger partial charge in [0.1, 0.15) is 5.75 Å². The molecule has 21 heavy (non-hydrogen) atoms. The highest BCUT2D eigenvalue weighted by Crippen LogP contribution is 2.25. The maximum Gasteiger partial charge on any atom is 0.337 e. The highest BCUT2D eigenvalue weighted by molar-refractivity contribution is 5.80. The van der Waals surface area contributed by atoms with Gasteiger partial charge in [0, 0.05) is 0 Å². The van der Waals surface area contributed by atoms with E-state index in [2.05, 4.69) is 5.32 Å². The molecule has 1 unspecified atom stereocenters. The van der Waals surface area contributed by atoms with Crippen LogP contribution in [-0.2, 0) is 22.4 Å². The second-order valence-electron chi connectivity index (χ2n) is 5.43. The van der Waals surface area contributed by atoms with E-state index in [1.165, 1.54) is 11.1 Å². The fourth-order valence-electron chi connectivity index (χ4n) is 2.18. The van der Waals surface area contributed by atoms with Crippen molar-refractivity contribution >= 4 is 11.9 Å². The van der Waals surface area contributed by atoms with Crippen LogP contribution >= 0.6 is 0 Å². The standard InChI is InChI=1S/C15H19NO5/c1-15(20,14(18)19)9-16-13(17)8-21-12-6-5-10-3-2-4-11(10)7-12/h5-7,20H,2-4,8-9H2,1H3,(H,16,17)(H,18,19). The normalized spacial score (nSPS) is 15.9. The van der Waals surface area contributed by atoms with Crippen LogP contribution in [0, 0.1) is 0 Å². The van der Waals surface area contributed by atoms with E-state index in [0.29, 0.717) is 5.75 Å². The van der Waals surface area contributed by atoms with Crippen molar-refractivity contribution in [3.63, 3.8) is 0 Å². The van der Waals surface area contributed by atoms with Crippen LogP contribution in [0.25, 0.3) is 0 Å². The van der Waals surface area contributed by atoms with Crippen LogP contribution in [0.4, 0.5) is 0 Å². The van der Waals surface area contributed by atoms with E-state index >= 15 is 0 Å². The van der Waals surface area contributed by atoms with Crippen LogP contribution in [-0.4, -0.2) is 40.8 Å². The highest BCUT2D eigenvalue weighted by atomic mass is 16.5. The number of amides is 1. The Morgan fingerprint density at radius 1 is 1.33 bits per heavy atom. The predicted molar refractivity (Wildman–Crippen MR) is 75.2 cm³/mol. The zero-order valence-electron chi connectivity index (χ0n) is 11.9. The summed E-state index contributed by atoms with van der Waals surface area (Å²) in [5.74, 6) is -1.24. The van der Waals surface area contributed by atoms with E-state index in [-0.39, 0.29) is 13.2 Å². The number of nitrogens with one attached hydrogen (secondary N) is 1. The highest BCUT2D eigenvalue weighted by Gasteiger charge is 2.30. The van der Waals surface area contributed by atoms with Crippen LogP contribution in [0.2, 0.25) is 0 Å². The van der Waals surface area contributed by atoms with E-state index in [0.717, 1.165) is 26.2 Å². The fraction of sp³-hybridized carbons (Fsp3) is 0.467. The van der Waals surface area contributed by atoms with Crippen molar-refractivity contribution < 1.29 is 24.5 Å². The summed E-state index contributed by atoms with van der Waals surface area (Å²) in [7, 11) is 0. The second kappa shape index (κ2) is 6.13. The summed E-state index contributed by atoms with van der Waals surface area (Å²) in [6.07, 6.45) is 3.25. The lowest BCUT2D eigenvalue weighted by molar-refractivity contribution is -0.156. The molecule has 0 saturated carbocycles. The van der Waals surface area contributed by atoms with E-state index in [1.807, 2.05) is 18.2 Å². The molecule has 0 fully saturated rings. The van der Waals surface area contributed by atoms with Crippen molar-refractivity contribution in [2.75, 3.05) is 13.2 Å². The molecule has 3 N–H and O–H groups in total. The van der Waals surface area contributed by atoms with Gasteiger partial charge in [-0.25, -0.2) is 4.79 Å². The average Bonchev–Trinajstić information content (AvgIpc) is 2.90. The number of benzene rings is 1. The SMILES string of the molecule is CC(O)(CNC(=O)COc1ccc2c(c1)CCC2)C(=O)O. The molecule has 1 aliphatic rings. The number of aliphatic hydroxyl groups is 1. The maximum atomic E-state index is 11.6. The van der Waals surface area contributed by atoms with Gasteiger partial charge in [-0.05, 0) is 49.4 Å². The number of carboxylic acid groups (broad SMARTS) is 1. The average molecular weight is 293 g/mol. The molecule has 0 saturated heterocycles. The molecule has 6 heteroatoms. The van der Waals surface area contributed by atoms with Crippen LogP contribution in [0.15, 0.2) is 18.2 Å². The Hall–Kier alpha value is -2.08. The van der Waals surface area contributed by atoms with Crippen molar-refractivity contribution in [3.05, 3.63) is 29.3 Å². The molecule has 6 nitrogen and oxygen atoms in total. The Labute approximate surface area is 122 Å². The molecule has 1 aliphatic carbocycles. The Kier molecular flexibility index (Phi) is 4.47. The van der Waals surface area contributed by atoms with Crippen LogP contribution in [0.1, 0.15) is 24.5 Å². The van der Waals surface area contributed by atoms with Crippen molar-refractivity contribution in [2.24, 2.45) is 0 Å². The van der Waals surface area contributed by atoms with Crippen molar-refractivity contribution in [3.8, 4) is 5.75 Å². The molecule has 0 radical (unpaired) electrons. The van der Waals surface area contributed by atoms with Crippen molar-refractivity contribution in [1.29, 1.82) is 0 Å². The lowest BCUT2D eigenvalue weighted by atomic mass is 10.1. The fourth-order valence-corrected chi connectivity index (χ4v) is 2.18. The molecular weight excluding hydrogens is 274 g/mol. The molecule has 1 aromatic rings. The van der Waals surface area contributed by atoms with Crippen LogP contribution in [0.3, 0.4) is 0 Å². The molecule has 0 bridgehead atoms. The van der Waals surface area contributed by atoms with Gasteiger partial charge in [0.05, 0.1) is 6.54 Å². The second-order valence-corrected chi connectivity index (χ2v) is 5.43. The molecule has 1 amide bonds. The van der Waals surface area contributed by atoms with Gasteiger partial charge >= 0.3 is 5.97 Å². The number of aliphatic carboxylic acids is 1. The quantitative estimate of drug-likeness (QED) is 0.710. The number of carboxylic acids is 1. The van der Waals surface area contributed by atoms with Crippen molar-refractivity contribution in [1.82, 2.24) is 5.32 Å². The Balaban J connectivity index is 1.80. The summed E-state index contributed by atoms with van der Waals surface area (Å²) in [6, 6.07) is 5.76. The predicted octanol–water partition coefficient (Wildman–Crippen LogP) is 0.506. The first-order valence-corrected chi connectivity index (χ1v) is 6.85. The third-order valence-corrected chi connectivity index (χ3v) is 3.53. The first-order valence-electron chi connectivity index (χ1n) is 6.85. The number of hydrogen-bond acceptors (Lipinski definition) is 4. The lowest BCUT2D eigenvalue weighted by Crippen LogP contribution is -2.47. The molecule has 1 atom stereocenters. The first kappa shape index (κ1) is 15.3. The first-order chi connectivity index (χ1) is 9.88. The molecule has 0 aliphatic heterocycles. The van der Waals surface area contributed by atoms with E-state index in [9.17, 15) is 14.7 Å². The topological polar surface area (TPSA) is 95.9 Å². The van der Waals surface area contributed by atoms with Gasteiger partial charge in [-0.2, -0.15) is 0 Å². The van der Waals surface area contributed by atoms with E-state index < -0.39 is 17.5 Å². The Morgan fingerprint density at radius 2 is 2.05 bits per heavy atom. The molecule has 0 spiro atoms. The van der Waals surface area contributed by atoms with Gasteiger partial charge in [-0.3, -0.25) is 4.79 Å². The molecular formula is C15H19NO5. The van der Waals surface area contributed by atoms with Crippen molar-refractivity contribution in [2.45, 2.75) is 31.8 Å². The number of hydrogen-bond donors (Lipinski definition) is 3.